The molecule has 0 bridgehead atoms. The molecule has 2 N–H and O–H groups in total. The number of aromatic nitrogens is 1. The lowest BCUT2D eigenvalue weighted by molar-refractivity contribution is -0.137. The first-order chi connectivity index (χ1) is 13.3. The zero-order valence-corrected chi connectivity index (χ0v) is 16.0. The third-order valence-electron chi connectivity index (χ3n) is 3.70. The summed E-state index contributed by atoms with van der Waals surface area (Å²) in [6.07, 6.45) is -4.34. The van der Waals surface area contributed by atoms with Gasteiger partial charge in [0, 0.05) is 18.2 Å². The summed E-state index contributed by atoms with van der Waals surface area (Å²) in [6.45, 7) is 7.31. The van der Waals surface area contributed by atoms with Crippen LogP contribution in [-0.2, 0) is 12.7 Å². The molecule has 0 aliphatic carbocycles. The summed E-state index contributed by atoms with van der Waals surface area (Å²) in [6, 6.07) is 6.62. The van der Waals surface area contributed by atoms with E-state index in [0.29, 0.717) is 36.9 Å². The van der Waals surface area contributed by atoms with E-state index in [1.165, 1.54) is 12.1 Å². The fourth-order valence-electron chi connectivity index (χ4n) is 2.19. The Labute approximate surface area is 162 Å². The van der Waals surface area contributed by atoms with Crippen molar-refractivity contribution < 1.29 is 17.7 Å². The maximum Gasteiger partial charge on any atom is 0.416 e. The number of hydrogen-bond donors (Lipinski definition) is 2. The smallest absolute Gasteiger partial charge is 0.359 e. The van der Waals surface area contributed by atoms with Crippen LogP contribution in [0.1, 0.15) is 49.3 Å². The van der Waals surface area contributed by atoms with E-state index in [9.17, 15) is 13.2 Å². The molecule has 0 unspecified atom stereocenters. The molecule has 0 aliphatic rings. The van der Waals surface area contributed by atoms with Gasteiger partial charge in [0.25, 0.3) is 0 Å². The first kappa shape index (κ1) is 21.4. The van der Waals surface area contributed by atoms with Crippen LogP contribution in [0.4, 0.5) is 13.2 Å². The minimum absolute atomic E-state index is 0.285. The molecule has 28 heavy (non-hydrogen) atoms. The molecule has 0 radical (unpaired) electrons. The quantitative estimate of drug-likeness (QED) is 0.460. The molecule has 5 nitrogen and oxygen atoms in total. The van der Waals surface area contributed by atoms with Gasteiger partial charge in [0.2, 0.25) is 0 Å². The normalized spacial score (nSPS) is 11.9. The van der Waals surface area contributed by atoms with Crippen molar-refractivity contribution in [1.29, 1.82) is 0 Å². The molecule has 0 saturated heterocycles. The Morgan fingerprint density at radius 1 is 1.21 bits per heavy atom. The lowest BCUT2D eigenvalue weighted by atomic mass is 10.1. The Balaban J connectivity index is 1.91. The second kappa shape index (κ2) is 9.83. The second-order valence-corrected chi connectivity index (χ2v) is 6.30. The van der Waals surface area contributed by atoms with Gasteiger partial charge in [-0.1, -0.05) is 30.8 Å². The summed E-state index contributed by atoms with van der Waals surface area (Å²) in [5.74, 6) is 7.20. The van der Waals surface area contributed by atoms with E-state index < -0.39 is 11.7 Å². The number of alkyl halides is 3. The standard InChI is InChI=1S/C20H23F3N4O/c1-4-24-19(26-13-17-12-18(14(2)3)27-28-17)25-11-5-6-15-7-9-16(10-8-15)20(21,22)23/h7-10,12,14H,4,11,13H2,1-3H3,(H2,24,25,26). The summed E-state index contributed by atoms with van der Waals surface area (Å²) in [7, 11) is 0. The number of halogens is 3. The summed E-state index contributed by atoms with van der Waals surface area (Å²) in [5.41, 5.74) is 0.705. The molecule has 0 aliphatic heterocycles. The highest BCUT2D eigenvalue weighted by Gasteiger charge is 2.29. The van der Waals surface area contributed by atoms with Crippen LogP contribution < -0.4 is 10.6 Å². The summed E-state index contributed by atoms with van der Waals surface area (Å²) in [5, 5.41) is 10.1. The Bertz CT molecular complexity index is 843. The third kappa shape index (κ3) is 6.65. The second-order valence-electron chi connectivity index (χ2n) is 6.30. The predicted octanol–water partition coefficient (Wildman–Crippen LogP) is 3.92. The monoisotopic (exact) mass is 392 g/mol. The number of nitrogens with zero attached hydrogens (tertiary/aromatic N) is 2. The Morgan fingerprint density at radius 2 is 1.93 bits per heavy atom. The molecule has 8 heteroatoms. The topological polar surface area (TPSA) is 62.5 Å². The minimum Gasteiger partial charge on any atom is -0.359 e. The largest absolute Gasteiger partial charge is 0.416 e. The molecular weight excluding hydrogens is 369 g/mol. The van der Waals surface area contributed by atoms with Gasteiger partial charge in [-0.3, -0.25) is 0 Å². The van der Waals surface area contributed by atoms with Gasteiger partial charge < -0.3 is 15.2 Å². The molecular formula is C20H23F3N4O. The van der Waals surface area contributed by atoms with Gasteiger partial charge in [-0.05, 0) is 37.1 Å². The van der Waals surface area contributed by atoms with Crippen molar-refractivity contribution in [2.45, 2.75) is 39.4 Å². The molecule has 1 aromatic heterocycles. The fraction of sp³-hybridized carbons (Fsp3) is 0.400. The van der Waals surface area contributed by atoms with E-state index in [1.54, 1.807) is 0 Å². The number of guanidine groups is 1. The Hall–Kier alpha value is -2.95. The molecule has 0 fully saturated rings. The van der Waals surface area contributed by atoms with Gasteiger partial charge in [-0.25, -0.2) is 4.99 Å². The number of benzene rings is 1. The molecule has 150 valence electrons. The van der Waals surface area contributed by atoms with Crippen molar-refractivity contribution in [2.75, 3.05) is 13.1 Å². The van der Waals surface area contributed by atoms with E-state index in [2.05, 4.69) is 32.6 Å². The van der Waals surface area contributed by atoms with Gasteiger partial charge in [-0.2, -0.15) is 13.2 Å². The number of rotatable bonds is 5. The van der Waals surface area contributed by atoms with Crippen LogP contribution in [0.25, 0.3) is 0 Å². The van der Waals surface area contributed by atoms with Crippen LogP contribution in [0, 0.1) is 11.8 Å². The van der Waals surface area contributed by atoms with Crippen LogP contribution in [0.2, 0.25) is 0 Å². The maximum absolute atomic E-state index is 12.5. The maximum atomic E-state index is 12.5. The van der Waals surface area contributed by atoms with Crippen LogP contribution in [0.3, 0.4) is 0 Å². The lowest BCUT2D eigenvalue weighted by Gasteiger charge is -2.08. The molecule has 2 aromatic rings. The predicted molar refractivity (Wildman–Crippen MR) is 102 cm³/mol. The van der Waals surface area contributed by atoms with Crippen LogP contribution in [-0.4, -0.2) is 24.2 Å². The van der Waals surface area contributed by atoms with Crippen LogP contribution >= 0.6 is 0 Å². The minimum atomic E-state index is -4.34. The van der Waals surface area contributed by atoms with Gasteiger partial charge in [0.05, 0.1) is 17.8 Å². The van der Waals surface area contributed by atoms with Gasteiger partial charge in [0.1, 0.15) is 6.54 Å². The molecule has 0 amide bonds. The van der Waals surface area contributed by atoms with Crippen molar-refractivity contribution in [1.82, 2.24) is 15.8 Å². The van der Waals surface area contributed by atoms with Crippen molar-refractivity contribution >= 4 is 5.96 Å². The highest BCUT2D eigenvalue weighted by Crippen LogP contribution is 2.28. The number of aliphatic imine (C=N–C) groups is 1. The number of hydrogen-bond acceptors (Lipinski definition) is 3. The average Bonchev–Trinajstić information content (AvgIpc) is 3.12. The third-order valence-corrected chi connectivity index (χ3v) is 3.70. The highest BCUT2D eigenvalue weighted by molar-refractivity contribution is 5.79. The van der Waals surface area contributed by atoms with E-state index in [-0.39, 0.29) is 5.92 Å². The van der Waals surface area contributed by atoms with E-state index >= 15 is 0 Å². The lowest BCUT2D eigenvalue weighted by Crippen LogP contribution is -2.37. The van der Waals surface area contributed by atoms with E-state index in [4.69, 9.17) is 4.52 Å². The summed E-state index contributed by atoms with van der Waals surface area (Å²) >= 11 is 0. The summed E-state index contributed by atoms with van der Waals surface area (Å²) < 4.78 is 42.9. The van der Waals surface area contributed by atoms with Gasteiger partial charge >= 0.3 is 6.18 Å². The highest BCUT2D eigenvalue weighted by atomic mass is 19.4. The molecule has 2 rings (SSSR count). The molecule has 0 atom stereocenters. The zero-order valence-electron chi connectivity index (χ0n) is 16.0. The van der Waals surface area contributed by atoms with E-state index in [0.717, 1.165) is 17.8 Å². The first-order valence-electron chi connectivity index (χ1n) is 8.93. The molecule has 0 saturated carbocycles. The molecule has 1 aromatic carbocycles. The van der Waals surface area contributed by atoms with Crippen molar-refractivity contribution in [3.63, 3.8) is 0 Å². The van der Waals surface area contributed by atoms with Crippen molar-refractivity contribution in [3.8, 4) is 11.8 Å². The summed E-state index contributed by atoms with van der Waals surface area (Å²) in [4.78, 5) is 4.41. The SMILES string of the molecule is CCNC(=NCc1cc(C(C)C)no1)NCC#Cc1ccc(C(F)(F)F)cc1. The molecule has 1 heterocycles. The van der Waals surface area contributed by atoms with Crippen LogP contribution in [0.15, 0.2) is 39.8 Å². The zero-order chi connectivity index (χ0) is 20.6. The van der Waals surface area contributed by atoms with Gasteiger partial charge in [-0.15, -0.1) is 0 Å². The average molecular weight is 392 g/mol. The van der Waals surface area contributed by atoms with E-state index in [1.807, 2.05) is 26.8 Å². The van der Waals surface area contributed by atoms with Gasteiger partial charge in [0.15, 0.2) is 11.7 Å². The fourth-order valence-corrected chi connectivity index (χ4v) is 2.19. The van der Waals surface area contributed by atoms with Crippen molar-refractivity contribution in [3.05, 3.63) is 52.9 Å². The Kier molecular flexibility index (Phi) is 7.50. The Morgan fingerprint density at radius 3 is 2.50 bits per heavy atom. The number of nitrogens with one attached hydrogen (secondary N) is 2. The molecule has 0 spiro atoms. The van der Waals surface area contributed by atoms with Crippen molar-refractivity contribution in [2.24, 2.45) is 4.99 Å². The first-order valence-corrected chi connectivity index (χ1v) is 8.93. The van der Waals surface area contributed by atoms with Crippen LogP contribution in [0.5, 0.6) is 0 Å².